The molecule has 0 aliphatic rings. The molecule has 2 rings (SSSR count). The number of aromatic nitrogens is 1. The number of rotatable bonds is 3. The second kappa shape index (κ2) is 5.32. The van der Waals surface area contributed by atoms with Gasteiger partial charge in [-0.25, -0.2) is 9.37 Å². The summed E-state index contributed by atoms with van der Waals surface area (Å²) in [5.74, 6) is -1.02. The van der Waals surface area contributed by atoms with Crippen LogP contribution in [0, 0.1) is 34.2 Å². The van der Waals surface area contributed by atoms with Crippen LogP contribution in [0.15, 0.2) is 30.5 Å². The highest BCUT2D eigenvalue weighted by Gasteiger charge is 2.17. The van der Waals surface area contributed by atoms with Crippen molar-refractivity contribution in [3.8, 4) is 17.7 Å². The van der Waals surface area contributed by atoms with Crippen LogP contribution < -0.4 is 4.74 Å². The van der Waals surface area contributed by atoms with Gasteiger partial charge in [0.1, 0.15) is 0 Å². The summed E-state index contributed by atoms with van der Waals surface area (Å²) >= 11 is 0. The Balaban J connectivity index is 2.37. The van der Waals surface area contributed by atoms with Crippen molar-refractivity contribution in [2.24, 2.45) is 0 Å². The van der Waals surface area contributed by atoms with Crippen LogP contribution in [0.1, 0.15) is 11.1 Å². The molecular formula is C13H8FN3O3. The lowest BCUT2D eigenvalue weighted by molar-refractivity contribution is -0.385. The van der Waals surface area contributed by atoms with Gasteiger partial charge in [-0.2, -0.15) is 5.26 Å². The smallest absolute Gasteiger partial charge is 0.275 e. The highest BCUT2D eigenvalue weighted by molar-refractivity contribution is 5.46. The first-order valence-corrected chi connectivity index (χ1v) is 5.50. The Bertz CT molecular complexity index is 725. The third-order valence-corrected chi connectivity index (χ3v) is 2.53. The quantitative estimate of drug-likeness (QED) is 0.633. The van der Waals surface area contributed by atoms with Crippen molar-refractivity contribution >= 4 is 5.69 Å². The molecule has 0 saturated carbocycles. The van der Waals surface area contributed by atoms with Gasteiger partial charge in [-0.1, -0.05) is 0 Å². The Kier molecular flexibility index (Phi) is 3.57. The van der Waals surface area contributed by atoms with Crippen LogP contribution in [0.25, 0.3) is 0 Å². The summed E-state index contributed by atoms with van der Waals surface area (Å²) in [6.45, 7) is 1.48. The highest BCUT2D eigenvalue weighted by atomic mass is 19.1. The van der Waals surface area contributed by atoms with Gasteiger partial charge < -0.3 is 4.74 Å². The maximum atomic E-state index is 13.7. The molecule has 0 bridgehead atoms. The first-order chi connectivity index (χ1) is 9.51. The molecule has 1 aromatic carbocycles. The van der Waals surface area contributed by atoms with Gasteiger partial charge in [0, 0.05) is 17.8 Å². The molecule has 0 unspecified atom stereocenters. The minimum atomic E-state index is -0.869. The molecule has 0 amide bonds. The fraction of sp³-hybridized carbons (Fsp3) is 0.0769. The van der Waals surface area contributed by atoms with E-state index < -0.39 is 10.7 Å². The maximum Gasteiger partial charge on any atom is 0.275 e. The number of pyridine rings is 1. The number of nitro groups is 1. The van der Waals surface area contributed by atoms with Crippen LogP contribution in [-0.4, -0.2) is 9.91 Å². The van der Waals surface area contributed by atoms with E-state index in [9.17, 15) is 14.5 Å². The molecule has 1 heterocycles. The molecule has 7 heteroatoms. The van der Waals surface area contributed by atoms with Crippen LogP contribution in [0.3, 0.4) is 0 Å². The molecular weight excluding hydrogens is 265 g/mol. The predicted molar refractivity (Wildman–Crippen MR) is 66.8 cm³/mol. The Labute approximate surface area is 113 Å². The molecule has 20 heavy (non-hydrogen) atoms. The summed E-state index contributed by atoms with van der Waals surface area (Å²) < 4.78 is 18.9. The lowest BCUT2D eigenvalue weighted by atomic mass is 10.2. The van der Waals surface area contributed by atoms with Crippen LogP contribution >= 0.6 is 0 Å². The summed E-state index contributed by atoms with van der Waals surface area (Å²) in [5.41, 5.74) is 0.255. The molecule has 0 spiro atoms. The van der Waals surface area contributed by atoms with Crippen LogP contribution in [0.4, 0.5) is 10.1 Å². The Morgan fingerprint density at radius 2 is 2.20 bits per heavy atom. The fourth-order valence-electron chi connectivity index (χ4n) is 1.57. The normalized spacial score (nSPS) is 9.85. The Hall–Kier alpha value is -3.01. The zero-order valence-corrected chi connectivity index (χ0v) is 10.3. The van der Waals surface area contributed by atoms with E-state index in [1.807, 2.05) is 6.07 Å². The number of hydrogen-bond donors (Lipinski definition) is 0. The van der Waals surface area contributed by atoms with Gasteiger partial charge in [0.05, 0.1) is 22.6 Å². The van der Waals surface area contributed by atoms with Crippen molar-refractivity contribution in [1.82, 2.24) is 4.98 Å². The van der Waals surface area contributed by atoms with Crippen LogP contribution in [0.5, 0.6) is 11.6 Å². The Morgan fingerprint density at radius 3 is 2.85 bits per heavy atom. The number of halogens is 1. The molecule has 0 aliphatic heterocycles. The highest BCUT2D eigenvalue weighted by Crippen LogP contribution is 2.29. The molecule has 0 aliphatic carbocycles. The van der Waals surface area contributed by atoms with Crippen molar-refractivity contribution in [3.63, 3.8) is 0 Å². The lowest BCUT2D eigenvalue weighted by Crippen LogP contribution is -1.96. The molecule has 0 N–H and O–H groups in total. The van der Waals surface area contributed by atoms with Crippen molar-refractivity contribution in [2.45, 2.75) is 6.92 Å². The summed E-state index contributed by atoms with van der Waals surface area (Å²) in [6.07, 6.45) is 1.35. The third kappa shape index (κ3) is 2.70. The topological polar surface area (TPSA) is 89.0 Å². The van der Waals surface area contributed by atoms with E-state index in [0.717, 1.165) is 6.07 Å². The molecule has 6 nitrogen and oxygen atoms in total. The van der Waals surface area contributed by atoms with Crippen LogP contribution in [-0.2, 0) is 0 Å². The van der Waals surface area contributed by atoms with Gasteiger partial charge in [0.25, 0.3) is 5.69 Å². The Morgan fingerprint density at radius 1 is 1.45 bits per heavy atom. The average molecular weight is 273 g/mol. The average Bonchev–Trinajstić information content (AvgIpc) is 2.42. The van der Waals surface area contributed by atoms with Crippen LogP contribution in [0.2, 0.25) is 0 Å². The molecule has 1 aromatic heterocycles. The molecule has 2 aromatic rings. The number of nitriles is 1. The number of ether oxygens (including phenoxy) is 1. The zero-order valence-electron chi connectivity index (χ0n) is 10.3. The van der Waals surface area contributed by atoms with Crippen molar-refractivity contribution in [2.75, 3.05) is 0 Å². The second-order valence-electron chi connectivity index (χ2n) is 3.92. The minimum absolute atomic E-state index is 0.0382. The van der Waals surface area contributed by atoms with Crippen molar-refractivity contribution in [3.05, 3.63) is 57.5 Å². The number of nitrogens with zero attached hydrogens (tertiary/aromatic N) is 3. The zero-order chi connectivity index (χ0) is 14.7. The van der Waals surface area contributed by atoms with Gasteiger partial charge in [-0.15, -0.1) is 0 Å². The number of nitro benzene ring substituents is 1. The molecule has 100 valence electrons. The number of hydrogen-bond acceptors (Lipinski definition) is 5. The van der Waals surface area contributed by atoms with E-state index in [2.05, 4.69) is 4.98 Å². The second-order valence-corrected chi connectivity index (χ2v) is 3.92. The largest absolute Gasteiger partial charge is 0.436 e. The van der Waals surface area contributed by atoms with E-state index in [-0.39, 0.29) is 22.9 Å². The first kappa shape index (κ1) is 13.4. The van der Waals surface area contributed by atoms with Gasteiger partial charge in [0.15, 0.2) is 11.6 Å². The molecule has 0 fully saturated rings. The SMILES string of the molecule is Cc1cc(Oc2cc(C#N)ccn2)c(F)cc1[N+](=O)[O-]. The van der Waals surface area contributed by atoms with E-state index >= 15 is 0 Å². The van der Waals surface area contributed by atoms with Gasteiger partial charge >= 0.3 is 0 Å². The first-order valence-electron chi connectivity index (χ1n) is 5.50. The standard InChI is InChI=1S/C13H8FN3O3/c1-8-4-12(10(14)6-11(8)17(18)19)20-13-5-9(7-15)2-3-16-13/h2-6H,1H3. The van der Waals surface area contributed by atoms with Gasteiger partial charge in [0.2, 0.25) is 5.88 Å². The lowest BCUT2D eigenvalue weighted by Gasteiger charge is -2.07. The number of benzene rings is 1. The summed E-state index contributed by atoms with van der Waals surface area (Å²) in [7, 11) is 0. The summed E-state index contributed by atoms with van der Waals surface area (Å²) in [6, 6.07) is 6.73. The van der Waals surface area contributed by atoms with E-state index in [1.165, 1.54) is 31.3 Å². The molecule has 0 saturated heterocycles. The molecule has 0 radical (unpaired) electrons. The van der Waals surface area contributed by atoms with Crippen molar-refractivity contribution in [1.29, 1.82) is 5.26 Å². The summed E-state index contributed by atoms with van der Waals surface area (Å²) in [5, 5.41) is 19.4. The van der Waals surface area contributed by atoms with Gasteiger partial charge in [-0.05, 0) is 19.1 Å². The predicted octanol–water partition coefficient (Wildman–Crippen LogP) is 3.10. The monoisotopic (exact) mass is 273 g/mol. The van der Waals surface area contributed by atoms with Crippen molar-refractivity contribution < 1.29 is 14.1 Å². The van der Waals surface area contributed by atoms with Gasteiger partial charge in [-0.3, -0.25) is 10.1 Å². The maximum absolute atomic E-state index is 13.7. The number of aryl methyl sites for hydroxylation is 1. The summed E-state index contributed by atoms with van der Waals surface area (Å²) in [4.78, 5) is 13.8. The van der Waals surface area contributed by atoms with E-state index in [0.29, 0.717) is 5.56 Å². The molecule has 0 atom stereocenters. The van der Waals surface area contributed by atoms with E-state index in [4.69, 9.17) is 10.00 Å². The fourth-order valence-corrected chi connectivity index (χ4v) is 1.57. The van der Waals surface area contributed by atoms with E-state index in [1.54, 1.807) is 0 Å². The minimum Gasteiger partial charge on any atom is -0.436 e. The third-order valence-electron chi connectivity index (χ3n) is 2.53.